The molecule has 6 rings (SSSR count). The molecule has 4 heterocycles. The molecule has 19 heteroatoms. The van der Waals surface area contributed by atoms with Crippen molar-refractivity contribution in [2.24, 2.45) is 17.3 Å². The van der Waals surface area contributed by atoms with Gasteiger partial charge in [-0.15, -0.1) is 5.10 Å². The molecule has 1 saturated carbocycles. The van der Waals surface area contributed by atoms with Crippen LogP contribution in [0.5, 0.6) is 11.6 Å². The van der Waals surface area contributed by atoms with Crippen molar-refractivity contribution in [2.45, 2.75) is 136 Å². The van der Waals surface area contributed by atoms with E-state index >= 15 is 4.79 Å². The molecular weight excluding hydrogens is 971 g/mol. The van der Waals surface area contributed by atoms with Gasteiger partial charge in [-0.25, -0.2) is 14.8 Å². The van der Waals surface area contributed by atoms with Crippen LogP contribution in [-0.4, -0.2) is 136 Å². The first-order chi connectivity index (χ1) is 36.4. The monoisotopic (exact) mass is 1050 g/mol. The molecule has 19 nitrogen and oxygen atoms in total. The highest BCUT2D eigenvalue weighted by molar-refractivity contribution is 6.09. The fraction of sp³-hybridized carbons (Fsp3) is 0.596. The molecule has 1 aromatic carbocycles. The van der Waals surface area contributed by atoms with Gasteiger partial charge in [-0.3, -0.25) is 24.0 Å². The minimum atomic E-state index is -1.30. The minimum absolute atomic E-state index is 0.0253. The molecule has 1 saturated heterocycles. The third kappa shape index (κ3) is 19.2. The molecule has 2 aliphatic rings. The zero-order valence-electron chi connectivity index (χ0n) is 45.4. The molecule has 3 N–H and O–H groups in total. The van der Waals surface area contributed by atoms with Gasteiger partial charge >= 0.3 is 11.9 Å². The van der Waals surface area contributed by atoms with Crippen LogP contribution in [0.4, 0.5) is 11.5 Å². The number of likely N-dealkylation sites (N-methyl/N-ethyl adjacent to an activating group) is 1. The molecule has 414 valence electrons. The Morgan fingerprint density at radius 2 is 1.66 bits per heavy atom. The average Bonchev–Trinajstić information content (AvgIpc) is 4.13. The maximum Gasteiger partial charge on any atom is 0.359 e. The number of amides is 2. The second kappa shape index (κ2) is 28.5. The van der Waals surface area contributed by atoms with Gasteiger partial charge in [0.2, 0.25) is 11.8 Å². The van der Waals surface area contributed by atoms with Crippen molar-refractivity contribution in [1.82, 2.24) is 30.3 Å². The van der Waals surface area contributed by atoms with Gasteiger partial charge < -0.3 is 44.3 Å². The van der Waals surface area contributed by atoms with E-state index in [1.54, 1.807) is 20.4 Å². The van der Waals surface area contributed by atoms with Gasteiger partial charge in [0, 0.05) is 75.8 Å². The Kier molecular flexibility index (Phi) is 22.0. The van der Waals surface area contributed by atoms with Crippen LogP contribution in [0.3, 0.4) is 0 Å². The van der Waals surface area contributed by atoms with Gasteiger partial charge in [0.25, 0.3) is 5.91 Å². The number of hydrogen-bond donors (Lipinski definition) is 3. The Morgan fingerprint density at radius 3 is 2.34 bits per heavy atom. The zero-order chi connectivity index (χ0) is 54.7. The first-order valence-electron chi connectivity index (χ1n) is 27.3. The summed E-state index contributed by atoms with van der Waals surface area (Å²) in [4.78, 5) is 74.5. The van der Waals surface area contributed by atoms with Crippen molar-refractivity contribution >= 4 is 41.2 Å². The minimum Gasteiger partial charge on any atom is -0.544 e. The largest absolute Gasteiger partial charge is 0.544 e. The summed E-state index contributed by atoms with van der Waals surface area (Å²) in [5, 5.41) is 41.5. The second-order valence-corrected chi connectivity index (χ2v) is 22.1. The van der Waals surface area contributed by atoms with Crippen molar-refractivity contribution in [3.63, 3.8) is 0 Å². The molecule has 1 aliphatic carbocycles. The quantitative estimate of drug-likeness (QED) is 0.0320. The first-order valence-corrected chi connectivity index (χ1v) is 27.3. The smallest absolute Gasteiger partial charge is 0.359 e. The Morgan fingerprint density at radius 1 is 0.921 bits per heavy atom. The fourth-order valence-electron chi connectivity index (χ4n) is 10.3. The van der Waals surface area contributed by atoms with Crippen LogP contribution in [0.25, 0.3) is 0 Å². The molecule has 0 bridgehead atoms. The lowest BCUT2D eigenvalue weighted by Crippen LogP contribution is -2.54. The number of carboxylic acid groups (broad SMARTS) is 3. The Labute approximate surface area is 448 Å². The summed E-state index contributed by atoms with van der Waals surface area (Å²) in [6.45, 7) is 9.22. The average molecular weight is 1050 g/mol. The number of unbranched alkanes of at least 4 members (excludes halogenated alkanes) is 6. The molecule has 0 radical (unpaired) electrons. The van der Waals surface area contributed by atoms with Gasteiger partial charge in [0.15, 0.2) is 6.54 Å². The molecule has 2 atom stereocenters. The molecule has 2 amide bonds. The summed E-state index contributed by atoms with van der Waals surface area (Å²) in [5.74, 6) is -0.922. The van der Waals surface area contributed by atoms with E-state index < -0.39 is 24.5 Å². The fourth-order valence-corrected chi connectivity index (χ4v) is 10.3. The maximum absolute atomic E-state index is 15.0. The van der Waals surface area contributed by atoms with Gasteiger partial charge in [-0.1, -0.05) is 57.2 Å². The molecule has 2 fully saturated rings. The Balaban J connectivity index is 0.938. The van der Waals surface area contributed by atoms with Crippen LogP contribution < -0.4 is 29.7 Å². The van der Waals surface area contributed by atoms with E-state index in [9.17, 15) is 29.4 Å². The third-order valence-corrected chi connectivity index (χ3v) is 14.8. The predicted molar refractivity (Wildman–Crippen MR) is 286 cm³/mol. The number of aliphatic carboxylic acids is 3. The van der Waals surface area contributed by atoms with Crippen LogP contribution in [-0.2, 0) is 32.1 Å². The molecule has 0 spiro atoms. The van der Waals surface area contributed by atoms with Gasteiger partial charge in [0.05, 0.1) is 56.6 Å². The normalized spacial score (nSPS) is 15.1. The van der Waals surface area contributed by atoms with Crippen molar-refractivity contribution in [1.29, 1.82) is 0 Å². The number of ether oxygens (including phenoxy) is 2. The lowest BCUT2D eigenvalue weighted by atomic mass is 9.88. The van der Waals surface area contributed by atoms with Gasteiger partial charge in [-0.05, 0) is 117 Å². The molecule has 3 aromatic heterocycles. The van der Waals surface area contributed by atoms with Crippen molar-refractivity contribution in [3.05, 3.63) is 83.4 Å². The second-order valence-electron chi connectivity index (χ2n) is 22.1. The number of quaternary nitrogens is 1. The van der Waals surface area contributed by atoms with Crippen LogP contribution >= 0.6 is 0 Å². The number of anilines is 2. The number of aryl methyl sites for hydroxylation is 3. The molecule has 4 aromatic rings. The van der Waals surface area contributed by atoms with Gasteiger partial charge in [-0.2, -0.15) is 0 Å². The van der Waals surface area contributed by atoms with Crippen LogP contribution in [0.2, 0.25) is 0 Å². The third-order valence-electron chi connectivity index (χ3n) is 14.8. The van der Waals surface area contributed by atoms with E-state index in [1.165, 1.54) is 0 Å². The molecule has 1 unspecified atom stereocenters. The molecule has 1 aliphatic heterocycles. The maximum atomic E-state index is 15.0. The van der Waals surface area contributed by atoms with E-state index in [0.29, 0.717) is 74.6 Å². The number of benzene rings is 1. The van der Waals surface area contributed by atoms with Crippen LogP contribution in [0.15, 0.2) is 60.9 Å². The summed E-state index contributed by atoms with van der Waals surface area (Å²) in [7, 11) is 3.20. The number of carbonyl (C=O) groups excluding carboxylic acids is 3. The molecule has 76 heavy (non-hydrogen) atoms. The number of carbonyl (C=O) groups is 5. The topological polar surface area (TPSA) is 242 Å². The highest BCUT2D eigenvalue weighted by Crippen LogP contribution is 2.45. The van der Waals surface area contributed by atoms with E-state index in [4.69, 9.17) is 19.6 Å². The lowest BCUT2D eigenvalue weighted by Gasteiger charge is -2.36. The SMILES string of the molecule is COc1ccc(C(=O)N(CC(C)(C)CCn2cc(CCCCCCCCCC(=O)NCCC[N+](C)(CC(=O)[O-])CC(=O)O)nn2)c2cccc(C)n2)c(N2CCC(COc3cc([C@@H](CC(=O)O)C4CC4)ccn3)CC2)c1. The van der Waals surface area contributed by atoms with E-state index in [1.807, 2.05) is 71.2 Å². The van der Waals surface area contributed by atoms with Gasteiger partial charge in [0.1, 0.15) is 18.1 Å². The highest BCUT2D eigenvalue weighted by Gasteiger charge is 2.35. The molecular formula is C57H81N9O10. The zero-order valence-corrected chi connectivity index (χ0v) is 45.4. The summed E-state index contributed by atoms with van der Waals surface area (Å²) in [6.07, 6.45) is 17.2. The standard InChI is InChI=1S/C57H81N9O10/c1-41-15-13-17-50(60-41)65(56(74)47-22-21-46(75-5)34-49(47)63-29-24-42(25-30-63)39-76-52-33-44(23-28-59-52)48(35-53(68)69)43-19-20-43)40-57(2,3)26-31-64-36-45(61-62-64)16-11-9-7-6-8-10-12-18-51(67)58-27-14-32-66(4,37-54(70)71)38-55(72)73/h13,15,17,21-23,28,33-34,36,42-43,48H,6-12,14,16,18-20,24-27,29-32,35,37-40H2,1-5H3,(H3-,58,67,68,69,70,71,72,73)/t48-/m0/s1. The lowest BCUT2D eigenvalue weighted by molar-refractivity contribution is -0.897. The summed E-state index contributed by atoms with van der Waals surface area (Å²) >= 11 is 0. The summed E-state index contributed by atoms with van der Waals surface area (Å²) in [6, 6.07) is 15.2. The Hall–Kier alpha value is -6.63. The number of carboxylic acids is 3. The number of hydrogen-bond acceptors (Lipinski definition) is 13. The van der Waals surface area contributed by atoms with Crippen molar-refractivity contribution in [2.75, 3.05) is 76.4 Å². The number of aromatic nitrogens is 5. The number of nitrogens with one attached hydrogen (secondary N) is 1. The van der Waals surface area contributed by atoms with E-state index in [-0.39, 0.29) is 46.5 Å². The first kappa shape index (κ1) is 58.6. The van der Waals surface area contributed by atoms with Crippen LogP contribution in [0, 0.1) is 24.2 Å². The van der Waals surface area contributed by atoms with E-state index in [0.717, 1.165) is 119 Å². The van der Waals surface area contributed by atoms with E-state index in [2.05, 4.69) is 39.4 Å². The highest BCUT2D eigenvalue weighted by atomic mass is 16.5. The van der Waals surface area contributed by atoms with Crippen LogP contribution in [0.1, 0.15) is 143 Å². The number of piperidine rings is 1. The Bertz CT molecular complexity index is 2520. The number of rotatable bonds is 34. The summed E-state index contributed by atoms with van der Waals surface area (Å²) < 4.78 is 13.6. The van der Waals surface area contributed by atoms with Crippen molar-refractivity contribution in [3.8, 4) is 11.6 Å². The number of methoxy groups -OCH3 is 1. The predicted octanol–water partition coefficient (Wildman–Crippen LogP) is 6.86. The van der Waals surface area contributed by atoms with Crippen molar-refractivity contribution < 1.29 is 53.2 Å². The number of pyridine rings is 2. The summed E-state index contributed by atoms with van der Waals surface area (Å²) in [5.41, 5.74) is 3.80. The number of nitrogens with zero attached hydrogens (tertiary/aromatic N) is 8.